The molecule has 3 rings (SSSR count). The van der Waals surface area contributed by atoms with Crippen LogP contribution < -0.4 is 9.47 Å². The van der Waals surface area contributed by atoms with E-state index < -0.39 is 17.8 Å². The number of benzene rings is 2. The van der Waals surface area contributed by atoms with Crippen LogP contribution in [0, 0.1) is 5.82 Å². The number of hydrogen-bond donors (Lipinski definition) is 1. The van der Waals surface area contributed by atoms with Crippen LogP contribution >= 0.6 is 24.0 Å². The van der Waals surface area contributed by atoms with Gasteiger partial charge in [-0.25, -0.2) is 9.18 Å². The first kappa shape index (κ1) is 22.4. The van der Waals surface area contributed by atoms with E-state index >= 15 is 0 Å². The number of thioether (sulfide) groups is 1. The number of carbonyl (C=O) groups excluding carboxylic acids is 2. The van der Waals surface area contributed by atoms with Gasteiger partial charge in [0.1, 0.15) is 10.1 Å². The molecule has 0 spiro atoms. The third-order valence-electron chi connectivity index (χ3n) is 4.19. The molecule has 31 heavy (non-hydrogen) atoms. The number of rotatable bonds is 7. The fourth-order valence-electron chi connectivity index (χ4n) is 2.65. The fourth-order valence-corrected chi connectivity index (χ4v) is 3.96. The first-order valence-corrected chi connectivity index (χ1v) is 10.1. The molecule has 1 fully saturated rings. The molecule has 0 bridgehead atoms. The maximum absolute atomic E-state index is 13.0. The van der Waals surface area contributed by atoms with E-state index in [-0.39, 0.29) is 40.3 Å². The zero-order valence-corrected chi connectivity index (χ0v) is 17.8. The predicted molar refractivity (Wildman–Crippen MR) is 116 cm³/mol. The van der Waals surface area contributed by atoms with Crippen molar-refractivity contribution >= 4 is 52.2 Å². The summed E-state index contributed by atoms with van der Waals surface area (Å²) in [6, 6.07) is 9.65. The van der Waals surface area contributed by atoms with E-state index in [1.165, 1.54) is 30.2 Å². The van der Waals surface area contributed by atoms with E-state index in [0.717, 1.165) is 23.9 Å². The Bertz CT molecular complexity index is 1080. The zero-order chi connectivity index (χ0) is 22.5. The Morgan fingerprint density at radius 1 is 1.19 bits per heavy atom. The van der Waals surface area contributed by atoms with Gasteiger partial charge in [-0.1, -0.05) is 30.0 Å². The van der Waals surface area contributed by atoms with Crippen LogP contribution in [0.4, 0.5) is 4.39 Å². The molecule has 10 heteroatoms. The summed E-state index contributed by atoms with van der Waals surface area (Å²) in [5.74, 6) is -2.12. The summed E-state index contributed by atoms with van der Waals surface area (Å²) in [6.07, 6.45) is 1.38. The molecule has 2 aromatic carbocycles. The lowest BCUT2D eigenvalue weighted by atomic mass is 10.1. The number of ether oxygens (including phenoxy) is 2. The van der Waals surface area contributed by atoms with E-state index in [4.69, 9.17) is 26.8 Å². The van der Waals surface area contributed by atoms with Crippen molar-refractivity contribution in [3.8, 4) is 11.5 Å². The molecule has 1 N–H and O–H groups in total. The second kappa shape index (κ2) is 9.71. The average molecular weight is 461 g/mol. The number of hydrogen-bond acceptors (Lipinski definition) is 7. The standard InChI is InChI=1S/C21H16FNO6S2/c1-28-16-10-12(11-17-19(26)23(21(30)31-17)9-8-18(24)25)2-7-15(16)29-20(27)13-3-5-14(22)6-4-13/h2-7,10-11H,8-9H2,1H3,(H,24,25). The number of thiocarbonyl (C=S) groups is 1. The Balaban J connectivity index is 1.77. The highest BCUT2D eigenvalue weighted by Gasteiger charge is 2.32. The smallest absolute Gasteiger partial charge is 0.343 e. The second-order valence-corrected chi connectivity index (χ2v) is 7.96. The van der Waals surface area contributed by atoms with Gasteiger partial charge in [0, 0.05) is 6.54 Å². The Morgan fingerprint density at radius 2 is 1.90 bits per heavy atom. The molecule has 0 aliphatic carbocycles. The van der Waals surface area contributed by atoms with Gasteiger partial charge in [-0.15, -0.1) is 0 Å². The molecule has 1 aliphatic rings. The second-order valence-electron chi connectivity index (χ2n) is 6.28. The molecule has 0 saturated carbocycles. The quantitative estimate of drug-likeness (QED) is 0.289. The molecule has 7 nitrogen and oxygen atoms in total. The van der Waals surface area contributed by atoms with Gasteiger partial charge >= 0.3 is 11.9 Å². The van der Waals surface area contributed by atoms with Crippen molar-refractivity contribution in [3.05, 3.63) is 64.3 Å². The minimum atomic E-state index is -1.02. The van der Waals surface area contributed by atoms with Crippen LogP contribution in [0.1, 0.15) is 22.3 Å². The minimum absolute atomic E-state index is 0.00106. The van der Waals surface area contributed by atoms with Crippen molar-refractivity contribution in [3.63, 3.8) is 0 Å². The lowest BCUT2D eigenvalue weighted by Crippen LogP contribution is -2.30. The van der Waals surface area contributed by atoms with Crippen LogP contribution in [0.2, 0.25) is 0 Å². The summed E-state index contributed by atoms with van der Waals surface area (Å²) < 4.78 is 23.9. The first-order chi connectivity index (χ1) is 14.8. The number of amides is 1. The SMILES string of the molecule is COc1cc(C=C2SC(=S)N(CCC(=O)O)C2=O)ccc1OC(=O)c1ccc(F)cc1. The van der Waals surface area contributed by atoms with E-state index in [1.807, 2.05) is 0 Å². The van der Waals surface area contributed by atoms with Crippen LogP contribution in [0.25, 0.3) is 6.08 Å². The fraction of sp³-hybridized carbons (Fsp3) is 0.143. The third-order valence-corrected chi connectivity index (χ3v) is 5.57. The van der Waals surface area contributed by atoms with E-state index in [1.54, 1.807) is 18.2 Å². The normalized spacial score (nSPS) is 14.8. The molecule has 160 valence electrons. The number of halogens is 1. The summed E-state index contributed by atoms with van der Waals surface area (Å²) in [7, 11) is 1.40. The molecule has 0 radical (unpaired) electrons. The number of carboxylic acids is 1. The predicted octanol–water partition coefficient (Wildman–Crippen LogP) is 3.73. The number of nitrogens with zero attached hydrogens (tertiary/aromatic N) is 1. The third kappa shape index (κ3) is 5.47. The maximum atomic E-state index is 13.0. The summed E-state index contributed by atoms with van der Waals surface area (Å²) in [6.45, 7) is -0.00106. The van der Waals surface area contributed by atoms with E-state index in [2.05, 4.69) is 0 Å². The lowest BCUT2D eigenvalue weighted by molar-refractivity contribution is -0.137. The molecule has 0 atom stereocenters. The Labute approximate surface area is 186 Å². The van der Waals surface area contributed by atoms with Crippen LogP contribution in [0.15, 0.2) is 47.4 Å². The van der Waals surface area contributed by atoms with Gasteiger partial charge in [0.15, 0.2) is 11.5 Å². The zero-order valence-electron chi connectivity index (χ0n) is 16.2. The van der Waals surface area contributed by atoms with Gasteiger partial charge < -0.3 is 14.6 Å². The van der Waals surface area contributed by atoms with Crippen molar-refractivity contribution < 1.29 is 33.4 Å². The lowest BCUT2D eigenvalue weighted by Gasteiger charge is -2.12. The Kier molecular flexibility index (Phi) is 7.03. The van der Waals surface area contributed by atoms with Crippen molar-refractivity contribution in [2.75, 3.05) is 13.7 Å². The van der Waals surface area contributed by atoms with Gasteiger partial charge in [-0.05, 0) is 48.0 Å². The molecule has 0 aromatic heterocycles. The topological polar surface area (TPSA) is 93.1 Å². The summed E-state index contributed by atoms with van der Waals surface area (Å²) >= 11 is 6.24. The van der Waals surface area contributed by atoms with Gasteiger partial charge in [0.25, 0.3) is 5.91 Å². The van der Waals surface area contributed by atoms with Gasteiger partial charge in [-0.3, -0.25) is 14.5 Å². The van der Waals surface area contributed by atoms with E-state index in [0.29, 0.717) is 10.5 Å². The minimum Gasteiger partial charge on any atom is -0.493 e. The van der Waals surface area contributed by atoms with Crippen LogP contribution in [0.3, 0.4) is 0 Å². The number of aliphatic carboxylic acids is 1. The van der Waals surface area contributed by atoms with Crippen LogP contribution in [-0.4, -0.2) is 45.8 Å². The van der Waals surface area contributed by atoms with Crippen molar-refractivity contribution in [2.24, 2.45) is 0 Å². The molecular formula is C21H16FNO6S2. The molecule has 1 saturated heterocycles. The largest absolute Gasteiger partial charge is 0.493 e. The summed E-state index contributed by atoms with van der Waals surface area (Å²) in [4.78, 5) is 37.1. The Hall–Kier alpha value is -3.24. The maximum Gasteiger partial charge on any atom is 0.343 e. The molecule has 1 aliphatic heterocycles. The summed E-state index contributed by atoms with van der Waals surface area (Å²) in [5, 5.41) is 8.81. The Morgan fingerprint density at radius 3 is 2.55 bits per heavy atom. The van der Waals surface area contributed by atoms with Gasteiger partial charge in [0.2, 0.25) is 0 Å². The number of carboxylic acid groups (broad SMARTS) is 1. The molecule has 1 heterocycles. The summed E-state index contributed by atoms with van der Waals surface area (Å²) in [5.41, 5.74) is 0.773. The first-order valence-electron chi connectivity index (χ1n) is 8.91. The average Bonchev–Trinajstić information content (AvgIpc) is 3.00. The monoisotopic (exact) mass is 461 g/mol. The van der Waals surface area contributed by atoms with Crippen molar-refractivity contribution in [2.45, 2.75) is 6.42 Å². The van der Waals surface area contributed by atoms with Crippen LogP contribution in [0.5, 0.6) is 11.5 Å². The molecular weight excluding hydrogens is 445 g/mol. The molecule has 2 aromatic rings. The van der Waals surface area contributed by atoms with Crippen molar-refractivity contribution in [1.29, 1.82) is 0 Å². The number of esters is 1. The van der Waals surface area contributed by atoms with Crippen molar-refractivity contribution in [1.82, 2.24) is 4.90 Å². The highest BCUT2D eigenvalue weighted by Crippen LogP contribution is 2.35. The number of carbonyl (C=O) groups is 3. The highest BCUT2D eigenvalue weighted by molar-refractivity contribution is 8.26. The molecule has 0 unspecified atom stereocenters. The van der Waals surface area contributed by atoms with Crippen LogP contribution in [-0.2, 0) is 9.59 Å². The molecule has 1 amide bonds. The van der Waals surface area contributed by atoms with Gasteiger partial charge in [-0.2, -0.15) is 0 Å². The van der Waals surface area contributed by atoms with E-state index in [9.17, 15) is 18.8 Å². The highest BCUT2D eigenvalue weighted by atomic mass is 32.2. The number of methoxy groups -OCH3 is 1. The van der Waals surface area contributed by atoms with Gasteiger partial charge in [0.05, 0.1) is 24.0 Å².